The van der Waals surface area contributed by atoms with E-state index in [0.29, 0.717) is 11.2 Å². The van der Waals surface area contributed by atoms with Crippen molar-refractivity contribution in [2.75, 3.05) is 0 Å². The molecule has 5 heteroatoms. The van der Waals surface area contributed by atoms with Crippen LogP contribution in [0.15, 0.2) is 24.4 Å². The molecule has 19 heavy (non-hydrogen) atoms. The summed E-state index contributed by atoms with van der Waals surface area (Å²) in [7, 11) is 0. The summed E-state index contributed by atoms with van der Waals surface area (Å²) >= 11 is 4.96. The van der Waals surface area contributed by atoms with Gasteiger partial charge in [0.2, 0.25) is 0 Å². The van der Waals surface area contributed by atoms with Gasteiger partial charge >= 0.3 is 0 Å². The molecule has 0 fully saturated rings. The lowest BCUT2D eigenvalue weighted by molar-refractivity contribution is 0.0896. The van der Waals surface area contributed by atoms with Crippen molar-refractivity contribution in [3.8, 4) is 0 Å². The highest BCUT2D eigenvalue weighted by Crippen LogP contribution is 2.29. The van der Waals surface area contributed by atoms with E-state index >= 15 is 0 Å². The van der Waals surface area contributed by atoms with E-state index in [-0.39, 0.29) is 17.3 Å². The van der Waals surface area contributed by atoms with Crippen molar-refractivity contribution in [2.24, 2.45) is 5.92 Å². The van der Waals surface area contributed by atoms with Crippen molar-refractivity contribution in [1.82, 2.24) is 9.97 Å². The van der Waals surface area contributed by atoms with Gasteiger partial charge in [-0.25, -0.2) is 4.39 Å². The predicted molar refractivity (Wildman–Crippen MR) is 72.2 cm³/mol. The van der Waals surface area contributed by atoms with Crippen LogP contribution in [0.4, 0.5) is 4.39 Å². The molecule has 1 atom stereocenters. The zero-order chi connectivity index (χ0) is 13.4. The van der Waals surface area contributed by atoms with Crippen molar-refractivity contribution >= 4 is 18.0 Å². The van der Waals surface area contributed by atoms with Gasteiger partial charge in [-0.15, -0.1) is 0 Å². The first kappa shape index (κ1) is 12.3. The van der Waals surface area contributed by atoms with Crippen LogP contribution in [-0.4, -0.2) is 15.8 Å². The van der Waals surface area contributed by atoms with Gasteiger partial charge in [-0.05, 0) is 43.1 Å². The number of aryl methyl sites for hydroxylation is 1. The molecule has 0 spiro atoms. The molecule has 0 saturated heterocycles. The number of imidazole rings is 1. The molecule has 3 nitrogen and oxygen atoms in total. The smallest absolute Gasteiger partial charge is 0.174 e. The first-order chi connectivity index (χ1) is 9.15. The molecule has 1 heterocycles. The number of aromatic nitrogens is 2. The fourth-order valence-electron chi connectivity index (χ4n) is 2.66. The molecule has 1 aromatic carbocycles. The Morgan fingerprint density at radius 3 is 3.00 bits per heavy atom. The van der Waals surface area contributed by atoms with E-state index in [1.807, 2.05) is 6.07 Å². The SMILES string of the molecule is O=C1c2c(F)cccc2CCC1Cc1c[nH]c(=S)[nH]1. The molecule has 1 unspecified atom stereocenters. The van der Waals surface area contributed by atoms with Crippen molar-refractivity contribution in [3.05, 3.63) is 51.8 Å². The van der Waals surface area contributed by atoms with Gasteiger partial charge in [-0.2, -0.15) is 0 Å². The fraction of sp³-hybridized carbons (Fsp3) is 0.286. The van der Waals surface area contributed by atoms with E-state index in [4.69, 9.17) is 12.2 Å². The third kappa shape index (κ3) is 2.26. The molecule has 0 aliphatic heterocycles. The molecule has 2 N–H and O–H groups in total. The first-order valence-electron chi connectivity index (χ1n) is 6.23. The van der Waals surface area contributed by atoms with Gasteiger partial charge in [0, 0.05) is 17.8 Å². The summed E-state index contributed by atoms with van der Waals surface area (Å²) in [5, 5.41) is 0. The van der Waals surface area contributed by atoms with Gasteiger partial charge in [0.05, 0.1) is 5.56 Å². The lowest BCUT2D eigenvalue weighted by atomic mass is 9.80. The van der Waals surface area contributed by atoms with Gasteiger partial charge in [0.15, 0.2) is 10.6 Å². The minimum absolute atomic E-state index is 0.0973. The number of nitrogens with one attached hydrogen (secondary N) is 2. The Kier molecular flexibility index (Phi) is 3.06. The standard InChI is InChI=1S/C14H13FN2OS/c15-11-3-1-2-8-4-5-9(13(18)12(8)11)6-10-7-16-14(19)17-10/h1-3,7,9H,4-6H2,(H2,16,17,19). The highest BCUT2D eigenvalue weighted by atomic mass is 32.1. The minimum atomic E-state index is -0.408. The van der Waals surface area contributed by atoms with Crippen LogP contribution in [0.25, 0.3) is 0 Å². The topological polar surface area (TPSA) is 48.6 Å². The molecule has 0 amide bonds. The van der Waals surface area contributed by atoms with E-state index in [0.717, 1.165) is 24.1 Å². The summed E-state index contributed by atoms with van der Waals surface area (Å²) in [6, 6.07) is 4.84. The van der Waals surface area contributed by atoms with Crippen molar-refractivity contribution in [1.29, 1.82) is 0 Å². The van der Waals surface area contributed by atoms with E-state index in [1.165, 1.54) is 6.07 Å². The molecule has 1 aliphatic carbocycles. The maximum atomic E-state index is 13.8. The number of aromatic amines is 2. The summed E-state index contributed by atoms with van der Waals surface area (Å²) in [5.74, 6) is -0.681. The van der Waals surface area contributed by atoms with E-state index in [9.17, 15) is 9.18 Å². The second kappa shape index (κ2) is 4.74. The molecule has 3 rings (SSSR count). The number of rotatable bonds is 2. The number of carbonyl (C=O) groups is 1. The Balaban J connectivity index is 1.89. The lowest BCUT2D eigenvalue weighted by Crippen LogP contribution is -2.25. The van der Waals surface area contributed by atoms with E-state index < -0.39 is 5.82 Å². The van der Waals surface area contributed by atoms with Crippen LogP contribution in [-0.2, 0) is 12.8 Å². The molecular formula is C14H13FN2OS. The molecule has 0 bridgehead atoms. The number of H-pyrrole nitrogens is 2. The average molecular weight is 276 g/mol. The van der Waals surface area contributed by atoms with Gasteiger partial charge in [0.25, 0.3) is 0 Å². The monoisotopic (exact) mass is 276 g/mol. The highest BCUT2D eigenvalue weighted by molar-refractivity contribution is 7.71. The van der Waals surface area contributed by atoms with Crippen LogP contribution < -0.4 is 0 Å². The lowest BCUT2D eigenvalue weighted by Gasteiger charge is -2.23. The normalized spacial score (nSPS) is 18.4. The highest BCUT2D eigenvalue weighted by Gasteiger charge is 2.30. The Morgan fingerprint density at radius 2 is 2.26 bits per heavy atom. The predicted octanol–water partition coefficient (Wildman–Crippen LogP) is 3.20. The third-order valence-electron chi connectivity index (χ3n) is 3.60. The maximum absolute atomic E-state index is 13.8. The van der Waals surface area contributed by atoms with Crippen LogP contribution in [0, 0.1) is 16.5 Å². The number of Topliss-reactive ketones (excluding diaryl/α,β-unsaturated/α-hetero) is 1. The van der Waals surface area contributed by atoms with Crippen LogP contribution in [0.2, 0.25) is 0 Å². The van der Waals surface area contributed by atoms with Crippen molar-refractivity contribution in [3.63, 3.8) is 0 Å². The largest absolute Gasteiger partial charge is 0.337 e. The quantitative estimate of drug-likeness (QED) is 0.827. The number of hydrogen-bond acceptors (Lipinski definition) is 2. The Bertz CT molecular complexity index is 689. The number of fused-ring (bicyclic) bond motifs is 1. The van der Waals surface area contributed by atoms with Crippen LogP contribution in [0.3, 0.4) is 0 Å². The molecule has 1 aromatic heterocycles. The fourth-order valence-corrected chi connectivity index (χ4v) is 2.85. The van der Waals surface area contributed by atoms with Crippen molar-refractivity contribution in [2.45, 2.75) is 19.3 Å². The molecular weight excluding hydrogens is 263 g/mol. The summed E-state index contributed by atoms with van der Waals surface area (Å²) in [4.78, 5) is 18.2. The molecule has 98 valence electrons. The number of halogens is 1. The second-order valence-corrected chi connectivity index (χ2v) is 5.25. The summed E-state index contributed by atoms with van der Waals surface area (Å²) in [6.45, 7) is 0. The van der Waals surface area contributed by atoms with Gasteiger partial charge in [-0.3, -0.25) is 4.79 Å². The Morgan fingerprint density at radius 1 is 1.42 bits per heavy atom. The van der Waals surface area contributed by atoms with Gasteiger partial charge < -0.3 is 9.97 Å². The number of ketones is 1. The number of hydrogen-bond donors (Lipinski definition) is 2. The molecule has 2 aromatic rings. The summed E-state index contributed by atoms with van der Waals surface area (Å²) < 4.78 is 14.3. The number of carbonyl (C=O) groups excluding carboxylic acids is 1. The third-order valence-corrected chi connectivity index (χ3v) is 3.82. The average Bonchev–Trinajstić information content (AvgIpc) is 2.78. The van der Waals surface area contributed by atoms with Crippen LogP contribution >= 0.6 is 12.2 Å². The zero-order valence-corrected chi connectivity index (χ0v) is 11.0. The molecule has 0 radical (unpaired) electrons. The summed E-state index contributed by atoms with van der Waals surface area (Å²) in [5.41, 5.74) is 1.99. The van der Waals surface area contributed by atoms with E-state index in [2.05, 4.69) is 9.97 Å². The Hall–Kier alpha value is -1.75. The van der Waals surface area contributed by atoms with Gasteiger partial charge in [-0.1, -0.05) is 12.1 Å². The van der Waals surface area contributed by atoms with Gasteiger partial charge in [0.1, 0.15) is 5.82 Å². The molecule has 1 aliphatic rings. The second-order valence-electron chi connectivity index (χ2n) is 4.85. The molecule has 0 saturated carbocycles. The first-order valence-corrected chi connectivity index (χ1v) is 6.64. The minimum Gasteiger partial charge on any atom is -0.337 e. The Labute approximate surface area is 114 Å². The van der Waals surface area contributed by atoms with E-state index in [1.54, 1.807) is 12.3 Å². The van der Waals surface area contributed by atoms with Crippen LogP contribution in [0.1, 0.15) is 28.0 Å². The maximum Gasteiger partial charge on any atom is 0.174 e. The zero-order valence-electron chi connectivity index (χ0n) is 10.2. The number of benzene rings is 1. The van der Waals surface area contributed by atoms with Crippen LogP contribution in [0.5, 0.6) is 0 Å². The van der Waals surface area contributed by atoms with Crippen molar-refractivity contribution < 1.29 is 9.18 Å². The summed E-state index contributed by atoms with van der Waals surface area (Å²) in [6.07, 6.45) is 3.84.